The van der Waals surface area contributed by atoms with Gasteiger partial charge in [-0.05, 0) is 49.4 Å². The molecule has 1 heterocycles. The molecule has 0 aliphatic carbocycles. The molecule has 0 radical (unpaired) electrons. The highest BCUT2D eigenvalue weighted by Crippen LogP contribution is 2.18. The Bertz CT molecular complexity index is 373. The predicted octanol–water partition coefficient (Wildman–Crippen LogP) is 2.52. The lowest BCUT2D eigenvalue weighted by atomic mass is 10.1. The van der Waals surface area contributed by atoms with E-state index in [1.807, 2.05) is 6.07 Å². The maximum atomic E-state index is 5.37. The average molecular weight is 249 g/mol. The van der Waals surface area contributed by atoms with Crippen LogP contribution >= 0.6 is 0 Å². The molecule has 1 aliphatic rings. The second kappa shape index (κ2) is 6.76. The van der Waals surface area contributed by atoms with Gasteiger partial charge in [0, 0.05) is 19.8 Å². The van der Waals surface area contributed by atoms with Gasteiger partial charge in [0.25, 0.3) is 0 Å². The van der Waals surface area contributed by atoms with Crippen LogP contribution in [-0.4, -0.2) is 26.9 Å². The van der Waals surface area contributed by atoms with E-state index in [0.717, 1.165) is 38.0 Å². The first-order valence-electron chi connectivity index (χ1n) is 6.71. The zero-order chi connectivity index (χ0) is 12.8. The Kier molecular flexibility index (Phi) is 5.02. The number of hydrogen-bond acceptors (Lipinski definition) is 3. The van der Waals surface area contributed by atoms with Gasteiger partial charge in [-0.15, -0.1) is 0 Å². The standard InChI is InChI=1S/C15H23NO2/c1-12-9-14(3-4-15(12)17-2)10-16-7-5-13-6-8-18-11-13/h3-4,9,13,16H,5-8,10-11H2,1-2H3. The molecule has 0 aromatic heterocycles. The molecule has 1 aliphatic heterocycles. The largest absolute Gasteiger partial charge is 0.496 e. The van der Waals surface area contributed by atoms with Crippen LogP contribution in [0.5, 0.6) is 5.75 Å². The zero-order valence-corrected chi connectivity index (χ0v) is 11.4. The first-order chi connectivity index (χ1) is 8.79. The molecule has 1 saturated heterocycles. The summed E-state index contributed by atoms with van der Waals surface area (Å²) in [6.07, 6.45) is 2.44. The molecular weight excluding hydrogens is 226 g/mol. The Hall–Kier alpha value is -1.06. The van der Waals surface area contributed by atoms with Gasteiger partial charge in [0.2, 0.25) is 0 Å². The smallest absolute Gasteiger partial charge is 0.121 e. The minimum absolute atomic E-state index is 0.759. The summed E-state index contributed by atoms with van der Waals surface area (Å²) < 4.78 is 10.6. The van der Waals surface area contributed by atoms with Crippen molar-refractivity contribution < 1.29 is 9.47 Å². The summed E-state index contributed by atoms with van der Waals surface area (Å²) in [5.74, 6) is 1.72. The number of nitrogens with one attached hydrogen (secondary N) is 1. The lowest BCUT2D eigenvalue weighted by molar-refractivity contribution is 0.184. The Morgan fingerprint density at radius 2 is 2.33 bits per heavy atom. The average Bonchev–Trinajstić information content (AvgIpc) is 2.88. The van der Waals surface area contributed by atoms with Crippen LogP contribution in [-0.2, 0) is 11.3 Å². The third-order valence-corrected chi connectivity index (χ3v) is 3.54. The summed E-state index contributed by atoms with van der Waals surface area (Å²) in [6.45, 7) is 5.97. The zero-order valence-electron chi connectivity index (χ0n) is 11.4. The molecular formula is C15H23NO2. The highest BCUT2D eigenvalue weighted by atomic mass is 16.5. The summed E-state index contributed by atoms with van der Waals surface area (Å²) in [4.78, 5) is 0. The van der Waals surface area contributed by atoms with Gasteiger partial charge in [-0.2, -0.15) is 0 Å². The van der Waals surface area contributed by atoms with Crippen LogP contribution < -0.4 is 10.1 Å². The first kappa shape index (κ1) is 13.4. The molecule has 0 saturated carbocycles. The van der Waals surface area contributed by atoms with E-state index in [1.165, 1.54) is 24.0 Å². The minimum Gasteiger partial charge on any atom is -0.496 e. The maximum absolute atomic E-state index is 5.37. The normalized spacial score (nSPS) is 19.1. The van der Waals surface area contributed by atoms with Gasteiger partial charge in [0.15, 0.2) is 0 Å². The van der Waals surface area contributed by atoms with E-state index < -0.39 is 0 Å². The molecule has 0 bridgehead atoms. The van der Waals surface area contributed by atoms with Crippen molar-refractivity contribution in [3.05, 3.63) is 29.3 Å². The molecule has 1 aromatic rings. The van der Waals surface area contributed by atoms with E-state index in [4.69, 9.17) is 9.47 Å². The molecule has 18 heavy (non-hydrogen) atoms. The third-order valence-electron chi connectivity index (χ3n) is 3.54. The van der Waals surface area contributed by atoms with Crippen molar-refractivity contribution in [1.29, 1.82) is 0 Å². The number of aryl methyl sites for hydroxylation is 1. The molecule has 1 unspecified atom stereocenters. The lowest BCUT2D eigenvalue weighted by Crippen LogP contribution is -2.18. The molecule has 3 heteroatoms. The van der Waals surface area contributed by atoms with Crippen LogP contribution in [0.1, 0.15) is 24.0 Å². The van der Waals surface area contributed by atoms with E-state index in [2.05, 4.69) is 24.4 Å². The second-order valence-electron chi connectivity index (χ2n) is 5.00. The van der Waals surface area contributed by atoms with E-state index in [1.54, 1.807) is 7.11 Å². The van der Waals surface area contributed by atoms with Crippen molar-refractivity contribution in [2.45, 2.75) is 26.3 Å². The summed E-state index contributed by atoms with van der Waals surface area (Å²) in [6, 6.07) is 6.35. The Morgan fingerprint density at radius 1 is 1.44 bits per heavy atom. The summed E-state index contributed by atoms with van der Waals surface area (Å²) in [5.41, 5.74) is 2.51. The molecule has 1 aromatic carbocycles. The van der Waals surface area contributed by atoms with Crippen molar-refractivity contribution in [2.75, 3.05) is 26.9 Å². The monoisotopic (exact) mass is 249 g/mol. The van der Waals surface area contributed by atoms with Gasteiger partial charge in [0.1, 0.15) is 5.75 Å². The summed E-state index contributed by atoms with van der Waals surface area (Å²) in [7, 11) is 1.71. The minimum atomic E-state index is 0.759. The fourth-order valence-electron chi connectivity index (χ4n) is 2.40. The van der Waals surface area contributed by atoms with Crippen LogP contribution in [0.2, 0.25) is 0 Å². The van der Waals surface area contributed by atoms with Crippen LogP contribution in [0.3, 0.4) is 0 Å². The maximum Gasteiger partial charge on any atom is 0.121 e. The van der Waals surface area contributed by atoms with Gasteiger partial charge < -0.3 is 14.8 Å². The van der Waals surface area contributed by atoms with Gasteiger partial charge in [-0.3, -0.25) is 0 Å². The number of methoxy groups -OCH3 is 1. The number of rotatable bonds is 6. The highest BCUT2D eigenvalue weighted by molar-refractivity contribution is 5.36. The van der Waals surface area contributed by atoms with E-state index >= 15 is 0 Å². The SMILES string of the molecule is COc1ccc(CNCCC2CCOC2)cc1C. The first-order valence-corrected chi connectivity index (χ1v) is 6.71. The molecule has 1 atom stereocenters. The molecule has 100 valence electrons. The topological polar surface area (TPSA) is 30.5 Å². The van der Waals surface area contributed by atoms with E-state index in [9.17, 15) is 0 Å². The molecule has 1 N–H and O–H groups in total. The molecule has 2 rings (SSSR count). The van der Waals surface area contributed by atoms with E-state index in [0.29, 0.717) is 0 Å². The van der Waals surface area contributed by atoms with Crippen molar-refractivity contribution in [3.8, 4) is 5.75 Å². The Morgan fingerprint density at radius 3 is 3.00 bits per heavy atom. The number of ether oxygens (including phenoxy) is 2. The Labute approximate surface area is 109 Å². The van der Waals surface area contributed by atoms with Crippen molar-refractivity contribution in [2.24, 2.45) is 5.92 Å². The fourth-order valence-corrected chi connectivity index (χ4v) is 2.40. The Balaban J connectivity index is 1.71. The summed E-state index contributed by atoms with van der Waals surface area (Å²) in [5, 5.41) is 3.50. The van der Waals surface area contributed by atoms with E-state index in [-0.39, 0.29) is 0 Å². The van der Waals surface area contributed by atoms with Crippen LogP contribution in [0.4, 0.5) is 0 Å². The molecule has 3 nitrogen and oxygen atoms in total. The quantitative estimate of drug-likeness (QED) is 0.786. The number of hydrogen-bond donors (Lipinski definition) is 1. The molecule has 1 fully saturated rings. The van der Waals surface area contributed by atoms with Crippen molar-refractivity contribution in [3.63, 3.8) is 0 Å². The van der Waals surface area contributed by atoms with Crippen LogP contribution in [0, 0.1) is 12.8 Å². The van der Waals surface area contributed by atoms with Crippen LogP contribution in [0.15, 0.2) is 18.2 Å². The van der Waals surface area contributed by atoms with Gasteiger partial charge in [-0.25, -0.2) is 0 Å². The van der Waals surface area contributed by atoms with Crippen LogP contribution in [0.25, 0.3) is 0 Å². The highest BCUT2D eigenvalue weighted by Gasteiger charge is 2.14. The fraction of sp³-hybridized carbons (Fsp3) is 0.600. The van der Waals surface area contributed by atoms with Crippen molar-refractivity contribution >= 4 is 0 Å². The summed E-state index contributed by atoms with van der Waals surface area (Å²) >= 11 is 0. The molecule has 0 spiro atoms. The van der Waals surface area contributed by atoms with Gasteiger partial charge in [0.05, 0.1) is 7.11 Å². The second-order valence-corrected chi connectivity index (χ2v) is 5.00. The van der Waals surface area contributed by atoms with Gasteiger partial charge in [-0.1, -0.05) is 12.1 Å². The third kappa shape index (κ3) is 3.72. The molecule has 0 amide bonds. The van der Waals surface area contributed by atoms with Gasteiger partial charge >= 0.3 is 0 Å². The predicted molar refractivity (Wildman–Crippen MR) is 73.0 cm³/mol. The number of benzene rings is 1. The lowest BCUT2D eigenvalue weighted by Gasteiger charge is -2.10. The van der Waals surface area contributed by atoms with Crippen molar-refractivity contribution in [1.82, 2.24) is 5.32 Å².